The van der Waals surface area contributed by atoms with Crippen LogP contribution in [0, 0.1) is 5.92 Å². The average Bonchev–Trinajstić information content (AvgIpc) is 2.30. The molecule has 2 atom stereocenters. The molecule has 0 aromatic rings. The quantitative estimate of drug-likeness (QED) is 0.728. The van der Waals surface area contributed by atoms with Crippen LogP contribution in [0.15, 0.2) is 0 Å². The van der Waals surface area contributed by atoms with Crippen molar-refractivity contribution >= 4 is 0 Å². The minimum atomic E-state index is -4.24. The van der Waals surface area contributed by atoms with E-state index in [4.69, 9.17) is 9.84 Å². The number of aliphatic hydroxyl groups is 1. The fourth-order valence-corrected chi connectivity index (χ4v) is 2.47. The van der Waals surface area contributed by atoms with Gasteiger partial charge in [-0.3, -0.25) is 4.90 Å². The Balaban J connectivity index is 2.54. The van der Waals surface area contributed by atoms with Gasteiger partial charge in [-0.15, -0.1) is 0 Å². The van der Waals surface area contributed by atoms with Gasteiger partial charge in [-0.05, 0) is 13.0 Å². The Labute approximate surface area is 111 Å². The second kappa shape index (κ2) is 8.04. The summed E-state index contributed by atoms with van der Waals surface area (Å²) in [6.07, 6.45) is -3.42. The van der Waals surface area contributed by atoms with E-state index in [9.17, 15) is 13.2 Å². The Hall–Kier alpha value is -0.370. The summed E-state index contributed by atoms with van der Waals surface area (Å²) in [5.74, 6) is 0.0302. The van der Waals surface area contributed by atoms with Crippen LogP contribution in [-0.4, -0.2) is 68.2 Å². The Morgan fingerprint density at radius 1 is 1.42 bits per heavy atom. The van der Waals surface area contributed by atoms with E-state index in [0.29, 0.717) is 13.2 Å². The van der Waals surface area contributed by atoms with Crippen molar-refractivity contribution in [2.24, 2.45) is 5.92 Å². The molecule has 4 nitrogen and oxygen atoms in total. The van der Waals surface area contributed by atoms with Crippen molar-refractivity contribution in [2.45, 2.75) is 25.6 Å². The molecule has 0 radical (unpaired) electrons. The lowest BCUT2D eigenvalue weighted by Crippen LogP contribution is -2.49. The lowest BCUT2D eigenvalue weighted by atomic mass is 9.95. The molecule has 114 valence electrons. The van der Waals surface area contributed by atoms with Gasteiger partial charge in [0.25, 0.3) is 0 Å². The van der Waals surface area contributed by atoms with Gasteiger partial charge >= 0.3 is 6.18 Å². The Morgan fingerprint density at radius 2 is 2.16 bits per heavy atom. The Morgan fingerprint density at radius 3 is 2.74 bits per heavy atom. The third-order valence-corrected chi connectivity index (χ3v) is 3.25. The maximum absolute atomic E-state index is 12.5. The van der Waals surface area contributed by atoms with Gasteiger partial charge in [0.15, 0.2) is 0 Å². The maximum Gasteiger partial charge on any atom is 0.401 e. The highest BCUT2D eigenvalue weighted by atomic mass is 19.4. The summed E-state index contributed by atoms with van der Waals surface area (Å²) in [7, 11) is 0. The fraction of sp³-hybridized carbons (Fsp3) is 1.00. The first-order valence-electron chi connectivity index (χ1n) is 6.67. The number of hydrogen-bond donors (Lipinski definition) is 2. The number of alkyl halides is 3. The largest absolute Gasteiger partial charge is 0.401 e. The zero-order chi connectivity index (χ0) is 14.3. The van der Waals surface area contributed by atoms with Gasteiger partial charge in [0, 0.05) is 31.7 Å². The standard InChI is InChI=1S/C12H23F3N2O2/c1-2-16-11-3-6-19-8-10(11)7-17(4-5-18)9-12(13,14)15/h10-11,16,18H,2-9H2,1H3. The molecule has 19 heavy (non-hydrogen) atoms. The highest BCUT2D eigenvalue weighted by Crippen LogP contribution is 2.20. The molecule has 1 aliphatic heterocycles. The van der Waals surface area contributed by atoms with Crippen LogP contribution in [-0.2, 0) is 4.74 Å². The van der Waals surface area contributed by atoms with Crippen LogP contribution in [0.2, 0.25) is 0 Å². The SMILES string of the molecule is CCNC1CCOCC1CN(CCO)CC(F)(F)F. The summed E-state index contributed by atoms with van der Waals surface area (Å²) in [6, 6.07) is 0.188. The van der Waals surface area contributed by atoms with Gasteiger partial charge in [-0.25, -0.2) is 0 Å². The topological polar surface area (TPSA) is 44.7 Å². The van der Waals surface area contributed by atoms with E-state index < -0.39 is 12.7 Å². The Bertz CT molecular complexity index is 250. The van der Waals surface area contributed by atoms with Gasteiger partial charge in [-0.1, -0.05) is 6.92 Å². The zero-order valence-electron chi connectivity index (χ0n) is 11.2. The van der Waals surface area contributed by atoms with Crippen molar-refractivity contribution in [1.29, 1.82) is 0 Å². The van der Waals surface area contributed by atoms with E-state index in [1.165, 1.54) is 4.90 Å². The molecule has 0 spiro atoms. The van der Waals surface area contributed by atoms with E-state index in [1.54, 1.807) is 0 Å². The summed E-state index contributed by atoms with van der Waals surface area (Å²) in [5, 5.41) is 12.2. The summed E-state index contributed by atoms with van der Waals surface area (Å²) in [4.78, 5) is 1.25. The first-order chi connectivity index (χ1) is 8.96. The number of halogens is 3. The van der Waals surface area contributed by atoms with Crippen molar-refractivity contribution in [3.8, 4) is 0 Å². The normalized spacial score (nSPS) is 24.9. The summed E-state index contributed by atoms with van der Waals surface area (Å²) in [5.41, 5.74) is 0. The molecule has 1 heterocycles. The number of nitrogens with zero attached hydrogens (tertiary/aromatic N) is 1. The van der Waals surface area contributed by atoms with Crippen LogP contribution >= 0.6 is 0 Å². The average molecular weight is 284 g/mol. The molecular weight excluding hydrogens is 261 g/mol. The molecule has 0 saturated carbocycles. The second-order valence-corrected chi connectivity index (χ2v) is 4.86. The second-order valence-electron chi connectivity index (χ2n) is 4.86. The number of nitrogens with one attached hydrogen (secondary N) is 1. The first-order valence-corrected chi connectivity index (χ1v) is 6.67. The lowest BCUT2D eigenvalue weighted by molar-refractivity contribution is -0.149. The van der Waals surface area contributed by atoms with Crippen LogP contribution in [0.25, 0.3) is 0 Å². The summed E-state index contributed by atoms with van der Waals surface area (Å²) in [6.45, 7) is 2.96. The molecule has 0 aromatic carbocycles. The molecule has 2 unspecified atom stereocenters. The number of aliphatic hydroxyl groups excluding tert-OH is 1. The van der Waals surface area contributed by atoms with Crippen LogP contribution in [0.5, 0.6) is 0 Å². The lowest BCUT2D eigenvalue weighted by Gasteiger charge is -2.36. The molecule has 7 heteroatoms. The number of hydrogen-bond acceptors (Lipinski definition) is 4. The predicted molar refractivity (Wildman–Crippen MR) is 66.0 cm³/mol. The van der Waals surface area contributed by atoms with Gasteiger partial charge in [0.1, 0.15) is 0 Å². The van der Waals surface area contributed by atoms with E-state index in [2.05, 4.69) is 5.32 Å². The highest BCUT2D eigenvalue weighted by molar-refractivity contribution is 4.82. The molecule has 0 bridgehead atoms. The van der Waals surface area contributed by atoms with Crippen LogP contribution in [0.1, 0.15) is 13.3 Å². The van der Waals surface area contributed by atoms with E-state index in [0.717, 1.165) is 13.0 Å². The fourth-order valence-electron chi connectivity index (χ4n) is 2.47. The highest BCUT2D eigenvalue weighted by Gasteiger charge is 2.33. The summed E-state index contributed by atoms with van der Waals surface area (Å²) < 4.78 is 42.7. The maximum atomic E-state index is 12.5. The first kappa shape index (κ1) is 16.7. The van der Waals surface area contributed by atoms with Crippen molar-refractivity contribution in [1.82, 2.24) is 10.2 Å². The van der Waals surface area contributed by atoms with Crippen LogP contribution < -0.4 is 5.32 Å². The number of ether oxygens (including phenoxy) is 1. The molecule has 0 amide bonds. The molecule has 1 rings (SSSR count). The van der Waals surface area contributed by atoms with E-state index in [1.807, 2.05) is 6.92 Å². The van der Waals surface area contributed by atoms with Crippen molar-refractivity contribution in [3.05, 3.63) is 0 Å². The van der Waals surface area contributed by atoms with E-state index in [-0.39, 0.29) is 31.7 Å². The van der Waals surface area contributed by atoms with Crippen molar-refractivity contribution < 1.29 is 23.0 Å². The predicted octanol–water partition coefficient (Wildman–Crippen LogP) is 0.858. The minimum Gasteiger partial charge on any atom is -0.395 e. The minimum absolute atomic E-state index is 0.0302. The third-order valence-electron chi connectivity index (χ3n) is 3.25. The molecule has 0 aliphatic carbocycles. The van der Waals surface area contributed by atoms with Gasteiger partial charge < -0.3 is 15.2 Å². The van der Waals surface area contributed by atoms with Crippen LogP contribution in [0.3, 0.4) is 0 Å². The smallest absolute Gasteiger partial charge is 0.395 e. The van der Waals surface area contributed by atoms with Crippen molar-refractivity contribution in [2.75, 3.05) is 46.0 Å². The van der Waals surface area contributed by atoms with Gasteiger partial charge in [0.2, 0.25) is 0 Å². The molecule has 1 fully saturated rings. The monoisotopic (exact) mass is 284 g/mol. The van der Waals surface area contributed by atoms with Crippen molar-refractivity contribution in [3.63, 3.8) is 0 Å². The van der Waals surface area contributed by atoms with E-state index >= 15 is 0 Å². The number of rotatable bonds is 7. The third kappa shape index (κ3) is 6.56. The summed E-state index contributed by atoms with van der Waals surface area (Å²) >= 11 is 0. The molecule has 2 N–H and O–H groups in total. The molecule has 1 saturated heterocycles. The molecular formula is C12H23F3N2O2. The molecule has 1 aliphatic rings. The Kier molecular flexibility index (Phi) is 7.06. The molecule has 0 aromatic heterocycles. The van der Waals surface area contributed by atoms with Gasteiger partial charge in [-0.2, -0.15) is 13.2 Å². The zero-order valence-corrected chi connectivity index (χ0v) is 11.2. The van der Waals surface area contributed by atoms with Gasteiger partial charge in [0.05, 0.1) is 19.8 Å². The van der Waals surface area contributed by atoms with Crippen LogP contribution in [0.4, 0.5) is 13.2 Å².